The number of fused-ring (bicyclic) bond motifs is 4. The predicted octanol–water partition coefficient (Wildman–Crippen LogP) is 9.05. The van der Waals surface area contributed by atoms with Gasteiger partial charge in [0.1, 0.15) is 17.3 Å². The Morgan fingerprint density at radius 1 is 0.716 bits per heavy atom. The van der Waals surface area contributed by atoms with E-state index in [0.717, 1.165) is 52.0 Å². The summed E-state index contributed by atoms with van der Waals surface area (Å²) >= 11 is 0. The van der Waals surface area contributed by atoms with E-state index in [-0.39, 0.29) is 47.2 Å². The van der Waals surface area contributed by atoms with Gasteiger partial charge < -0.3 is 23.8 Å². The highest BCUT2D eigenvalue weighted by Gasteiger charge is 2.37. The molecule has 13 heteroatoms. The third kappa shape index (κ3) is 9.63. The number of aliphatic imine (C=N–C) groups is 2. The highest BCUT2D eigenvalue weighted by molar-refractivity contribution is 6.13. The fraction of sp³-hybridized carbons (Fsp3) is 0.315. The topological polar surface area (TPSA) is 153 Å². The molecule has 4 aliphatic heterocycles. The van der Waals surface area contributed by atoms with Crippen molar-refractivity contribution in [1.82, 2.24) is 9.80 Å². The molecule has 0 radical (unpaired) electrons. The number of aryl methyl sites for hydroxylation is 1. The first-order valence-corrected chi connectivity index (χ1v) is 22.8. The molecule has 3 amide bonds. The first kappa shape index (κ1) is 44.8. The Morgan fingerprint density at radius 2 is 1.46 bits per heavy atom. The van der Waals surface area contributed by atoms with E-state index in [1.807, 2.05) is 80.0 Å². The number of imide groups is 1. The summed E-state index contributed by atoms with van der Waals surface area (Å²) in [6.07, 6.45) is 14.9. The molecule has 0 saturated carbocycles. The quantitative estimate of drug-likeness (QED) is 0.0703. The van der Waals surface area contributed by atoms with Gasteiger partial charge in [-0.05, 0) is 83.9 Å². The second kappa shape index (κ2) is 19.6. The number of amides is 3. The van der Waals surface area contributed by atoms with Crippen molar-refractivity contribution in [3.05, 3.63) is 131 Å². The van der Waals surface area contributed by atoms with Crippen LogP contribution < -0.4 is 18.9 Å². The van der Waals surface area contributed by atoms with Gasteiger partial charge >= 0.3 is 0 Å². The molecular weight excluding hydrogens is 849 g/mol. The fourth-order valence-electron chi connectivity index (χ4n) is 9.33. The number of benzene rings is 4. The SMILES string of the molecule is COc1ccc(C2=CC3C(=O)c4cc(C)c(OCCCOc5cc6c(cc5OC)C(=O)N5C=C(c7cccc(CC(=O)CCCCCN8C(=O)C=CC8=O)c7)C[C@H]5C=N6)cc4N=C[C@@H]3C2)cc1. The molecule has 0 fully saturated rings. The normalized spacial score (nSPS) is 19.1. The van der Waals surface area contributed by atoms with Crippen LogP contribution in [0.2, 0.25) is 0 Å². The number of ether oxygens (including phenoxy) is 4. The van der Waals surface area contributed by atoms with E-state index in [0.29, 0.717) is 98.0 Å². The number of rotatable bonds is 18. The van der Waals surface area contributed by atoms with E-state index >= 15 is 0 Å². The monoisotopic (exact) mass is 900 g/mol. The third-order valence-corrected chi connectivity index (χ3v) is 13.0. The lowest BCUT2D eigenvalue weighted by Gasteiger charge is -2.19. The zero-order chi connectivity index (χ0) is 46.6. The molecule has 9 rings (SSSR count). The van der Waals surface area contributed by atoms with Gasteiger partial charge in [0.25, 0.3) is 17.7 Å². The highest BCUT2D eigenvalue weighted by atomic mass is 16.5. The molecule has 4 aromatic carbocycles. The van der Waals surface area contributed by atoms with Crippen molar-refractivity contribution < 1.29 is 42.9 Å². The van der Waals surface area contributed by atoms with E-state index in [1.165, 1.54) is 24.2 Å². The van der Waals surface area contributed by atoms with Gasteiger partial charge in [-0.3, -0.25) is 38.9 Å². The van der Waals surface area contributed by atoms with Crippen molar-refractivity contribution in [2.75, 3.05) is 34.0 Å². The number of nitrogens with zero attached hydrogens (tertiary/aromatic N) is 4. The van der Waals surface area contributed by atoms with Crippen LogP contribution in [0.3, 0.4) is 0 Å². The molecule has 5 aliphatic rings. The summed E-state index contributed by atoms with van der Waals surface area (Å²) < 4.78 is 23.4. The Hall–Kier alpha value is -7.41. The lowest BCUT2D eigenvalue weighted by atomic mass is 9.89. The molecule has 4 heterocycles. The lowest BCUT2D eigenvalue weighted by Crippen LogP contribution is -2.32. The average Bonchev–Trinajstić information content (AvgIpc) is 4.02. The molecule has 0 spiro atoms. The molecule has 0 saturated heterocycles. The molecule has 0 aromatic heterocycles. The van der Waals surface area contributed by atoms with Crippen molar-refractivity contribution in [3.63, 3.8) is 0 Å². The summed E-state index contributed by atoms with van der Waals surface area (Å²) in [4.78, 5) is 76.7. The maximum absolute atomic E-state index is 14.0. The number of hydrogen-bond acceptors (Lipinski definition) is 11. The number of methoxy groups -OCH3 is 2. The molecule has 67 heavy (non-hydrogen) atoms. The zero-order valence-electron chi connectivity index (χ0n) is 37.9. The van der Waals surface area contributed by atoms with Gasteiger partial charge in [0.05, 0.1) is 50.4 Å². The molecule has 4 aromatic rings. The minimum atomic E-state index is -0.288. The summed E-state index contributed by atoms with van der Waals surface area (Å²) in [5, 5.41) is 0. The maximum Gasteiger partial charge on any atom is 0.260 e. The minimum Gasteiger partial charge on any atom is -0.497 e. The van der Waals surface area contributed by atoms with Crippen LogP contribution in [0, 0.1) is 18.8 Å². The zero-order valence-corrected chi connectivity index (χ0v) is 37.9. The Balaban J connectivity index is 0.770. The van der Waals surface area contributed by atoms with Gasteiger partial charge in [0.15, 0.2) is 17.3 Å². The number of hydrogen-bond donors (Lipinski definition) is 0. The maximum atomic E-state index is 14.0. The van der Waals surface area contributed by atoms with Crippen LogP contribution in [0.5, 0.6) is 23.0 Å². The summed E-state index contributed by atoms with van der Waals surface area (Å²) in [5.74, 6) is 1.46. The van der Waals surface area contributed by atoms with Crippen molar-refractivity contribution in [3.8, 4) is 23.0 Å². The largest absolute Gasteiger partial charge is 0.497 e. The number of ketones is 2. The van der Waals surface area contributed by atoms with Gasteiger partial charge in [-0.25, -0.2) is 0 Å². The molecule has 1 aliphatic carbocycles. The second-order valence-electron chi connectivity index (χ2n) is 17.5. The van der Waals surface area contributed by atoms with E-state index < -0.39 is 0 Å². The first-order chi connectivity index (χ1) is 32.6. The van der Waals surface area contributed by atoms with Crippen molar-refractivity contribution in [1.29, 1.82) is 0 Å². The number of allylic oxidation sites excluding steroid dienone is 2. The molecular formula is C54H52N4O9. The van der Waals surface area contributed by atoms with Crippen LogP contribution in [0.25, 0.3) is 11.1 Å². The van der Waals surface area contributed by atoms with E-state index in [1.54, 1.807) is 30.4 Å². The summed E-state index contributed by atoms with van der Waals surface area (Å²) in [6, 6.07) is 22.6. The van der Waals surface area contributed by atoms with Crippen LogP contribution in [0.1, 0.15) is 87.9 Å². The first-order valence-electron chi connectivity index (χ1n) is 22.8. The standard InChI is InChI=1S/C54H52N4O9/c1-33-21-44-46(55-30-38-24-37(26-43(38)53(44)62)35-12-14-42(64-2)15-13-35)28-48(33)66-19-8-20-67-50-29-47-45(27-49(50)65-3)54(63)58-32-39(25-40(58)31-56-47)36-10-7-9-34(22-36)23-41(59)11-5-4-6-18-57-51(60)16-17-52(57)61/h7,9-10,12-17,21-22,26-32,38,40,43H,4-6,8,11,18-20,23-25H2,1-3H3/t38-,40-,43?/m0/s1. The minimum absolute atomic E-state index is 0.0158. The summed E-state index contributed by atoms with van der Waals surface area (Å²) in [5.41, 5.74) is 7.98. The van der Waals surface area contributed by atoms with Crippen LogP contribution in [0.15, 0.2) is 107 Å². The van der Waals surface area contributed by atoms with E-state index in [4.69, 9.17) is 28.9 Å². The third-order valence-electron chi connectivity index (χ3n) is 13.0. The summed E-state index contributed by atoms with van der Waals surface area (Å²) in [6.45, 7) is 2.97. The molecule has 13 nitrogen and oxygen atoms in total. The molecule has 0 N–H and O–H groups in total. The van der Waals surface area contributed by atoms with Gasteiger partial charge in [-0.1, -0.05) is 48.9 Å². The van der Waals surface area contributed by atoms with Crippen molar-refractivity contribution >= 4 is 64.2 Å². The van der Waals surface area contributed by atoms with Gasteiger partial charge in [0, 0.05) is 92.5 Å². The Labute approximate surface area is 389 Å². The van der Waals surface area contributed by atoms with Crippen LogP contribution in [-0.2, 0) is 20.8 Å². The Bertz CT molecular complexity index is 2780. The number of carbonyl (C=O) groups excluding carboxylic acids is 5. The fourth-order valence-corrected chi connectivity index (χ4v) is 9.33. The molecule has 342 valence electrons. The number of carbonyl (C=O) groups is 5. The second-order valence-corrected chi connectivity index (χ2v) is 17.5. The summed E-state index contributed by atoms with van der Waals surface area (Å²) in [7, 11) is 3.18. The van der Waals surface area contributed by atoms with Gasteiger partial charge in [-0.15, -0.1) is 0 Å². The number of unbranched alkanes of at least 4 members (excludes halogenated alkanes) is 2. The lowest BCUT2D eigenvalue weighted by molar-refractivity contribution is -0.136. The van der Waals surface area contributed by atoms with E-state index in [9.17, 15) is 24.0 Å². The van der Waals surface area contributed by atoms with Crippen LogP contribution in [-0.4, -0.2) is 91.5 Å². The molecule has 3 atom stereocenters. The average molecular weight is 901 g/mol. The smallest absolute Gasteiger partial charge is 0.260 e. The van der Waals surface area contributed by atoms with Crippen LogP contribution >= 0.6 is 0 Å². The van der Waals surface area contributed by atoms with Crippen molar-refractivity contribution in [2.24, 2.45) is 21.8 Å². The van der Waals surface area contributed by atoms with Crippen LogP contribution in [0.4, 0.5) is 11.4 Å². The number of Topliss-reactive ketones (excluding diaryl/α,β-unsaturated/α-hetero) is 2. The molecule has 1 unspecified atom stereocenters. The van der Waals surface area contributed by atoms with Crippen molar-refractivity contribution in [2.45, 2.75) is 64.3 Å². The molecule has 0 bridgehead atoms. The highest BCUT2D eigenvalue weighted by Crippen LogP contribution is 2.43. The Morgan fingerprint density at radius 3 is 2.24 bits per heavy atom. The predicted molar refractivity (Wildman–Crippen MR) is 255 cm³/mol. The van der Waals surface area contributed by atoms with E-state index in [2.05, 4.69) is 6.08 Å². The van der Waals surface area contributed by atoms with Gasteiger partial charge in [-0.2, -0.15) is 0 Å². The van der Waals surface area contributed by atoms with Gasteiger partial charge in [0.2, 0.25) is 0 Å². The Kier molecular flexibility index (Phi) is 13.1.